The molecule has 0 radical (unpaired) electrons. The van der Waals surface area contributed by atoms with E-state index >= 15 is 0 Å². The molecular weight excluding hydrogens is 404 g/mol. The van der Waals surface area contributed by atoms with Crippen molar-refractivity contribution in [3.8, 4) is 11.5 Å². The first-order valence-electron chi connectivity index (χ1n) is 9.86. The van der Waals surface area contributed by atoms with E-state index < -0.39 is 15.9 Å². The van der Waals surface area contributed by atoms with Crippen LogP contribution >= 0.6 is 0 Å². The summed E-state index contributed by atoms with van der Waals surface area (Å²) in [5.41, 5.74) is 1.64. The normalized spacial score (nSPS) is 18.2. The smallest absolute Gasteiger partial charge is 0.242 e. The zero-order valence-corrected chi connectivity index (χ0v) is 18.3. The molecule has 162 valence electrons. The summed E-state index contributed by atoms with van der Waals surface area (Å²) in [7, 11) is 0.128. The van der Waals surface area contributed by atoms with E-state index in [1.807, 2.05) is 48.2 Å². The van der Waals surface area contributed by atoms with Crippen LogP contribution in [0.4, 0.5) is 0 Å². The van der Waals surface area contributed by atoms with Gasteiger partial charge in [-0.15, -0.1) is 0 Å². The molecule has 1 heterocycles. The molecule has 2 aromatic carbocycles. The number of hydrogen-bond donors (Lipinski definition) is 1. The lowest BCUT2D eigenvalue weighted by atomic mass is 10.0. The molecule has 8 heteroatoms. The molecule has 0 spiro atoms. The number of carbonyl (C=O) groups excluding carboxylic acids is 1. The van der Waals surface area contributed by atoms with E-state index in [1.165, 1.54) is 0 Å². The number of carbonyl (C=O) groups is 1. The van der Waals surface area contributed by atoms with Gasteiger partial charge in [0.2, 0.25) is 5.91 Å². The van der Waals surface area contributed by atoms with Gasteiger partial charge < -0.3 is 14.8 Å². The Balaban J connectivity index is 1.85. The standard InChI is InChI=1S/C22H28N2O5S/c1-16(19-15-18(28-2)9-10-20(19)29-3)23-22(25)21(17-7-5-4-6-8-17)24-11-13-30(26,27)14-12-24/h4-10,15-16,21H,11-14H2,1-3H3,(H,23,25). The number of nitrogens with zero attached hydrogens (tertiary/aromatic N) is 1. The third-order valence-corrected chi connectivity index (χ3v) is 6.98. The van der Waals surface area contributed by atoms with Crippen LogP contribution in [-0.4, -0.2) is 58.0 Å². The van der Waals surface area contributed by atoms with E-state index in [-0.39, 0.29) is 23.5 Å². The summed E-state index contributed by atoms with van der Waals surface area (Å²) in [6.07, 6.45) is 0. The third-order valence-electron chi connectivity index (χ3n) is 5.37. The Labute approximate surface area is 177 Å². The molecule has 0 saturated carbocycles. The van der Waals surface area contributed by atoms with Crippen molar-refractivity contribution in [3.63, 3.8) is 0 Å². The summed E-state index contributed by atoms with van der Waals surface area (Å²) in [6.45, 7) is 2.54. The minimum atomic E-state index is -3.04. The van der Waals surface area contributed by atoms with Gasteiger partial charge in [0, 0.05) is 18.7 Å². The summed E-state index contributed by atoms with van der Waals surface area (Å²) >= 11 is 0. The number of nitrogens with one attached hydrogen (secondary N) is 1. The Morgan fingerprint density at radius 2 is 1.70 bits per heavy atom. The van der Waals surface area contributed by atoms with Crippen LogP contribution in [0.5, 0.6) is 11.5 Å². The number of amides is 1. The molecule has 0 aromatic heterocycles. The van der Waals surface area contributed by atoms with Gasteiger partial charge in [-0.25, -0.2) is 8.42 Å². The van der Waals surface area contributed by atoms with Crippen LogP contribution in [0.1, 0.15) is 30.1 Å². The van der Waals surface area contributed by atoms with Gasteiger partial charge in [-0.05, 0) is 30.7 Å². The number of benzene rings is 2. The van der Waals surface area contributed by atoms with Crippen molar-refractivity contribution < 1.29 is 22.7 Å². The van der Waals surface area contributed by atoms with Crippen molar-refractivity contribution in [2.45, 2.75) is 19.0 Å². The van der Waals surface area contributed by atoms with Gasteiger partial charge in [-0.1, -0.05) is 30.3 Å². The first kappa shape index (κ1) is 22.1. The maximum Gasteiger partial charge on any atom is 0.242 e. The van der Waals surface area contributed by atoms with Gasteiger partial charge in [-0.3, -0.25) is 9.69 Å². The first-order valence-corrected chi connectivity index (χ1v) is 11.7. The molecule has 2 unspecified atom stereocenters. The quantitative estimate of drug-likeness (QED) is 0.723. The summed E-state index contributed by atoms with van der Waals surface area (Å²) in [4.78, 5) is 15.3. The van der Waals surface area contributed by atoms with Gasteiger partial charge in [0.05, 0.1) is 31.8 Å². The van der Waals surface area contributed by atoms with E-state index in [0.29, 0.717) is 24.6 Å². The largest absolute Gasteiger partial charge is 0.497 e. The van der Waals surface area contributed by atoms with Crippen LogP contribution < -0.4 is 14.8 Å². The molecule has 1 amide bonds. The van der Waals surface area contributed by atoms with Gasteiger partial charge in [0.15, 0.2) is 9.84 Å². The highest BCUT2D eigenvalue weighted by Gasteiger charge is 2.33. The second-order valence-electron chi connectivity index (χ2n) is 7.34. The molecular formula is C22H28N2O5S. The van der Waals surface area contributed by atoms with Crippen molar-refractivity contribution in [2.75, 3.05) is 38.8 Å². The Bertz CT molecular complexity index is 964. The number of rotatable bonds is 7. The second kappa shape index (κ2) is 9.49. The number of ether oxygens (including phenoxy) is 2. The van der Waals surface area contributed by atoms with Gasteiger partial charge in [0.25, 0.3) is 0 Å². The van der Waals surface area contributed by atoms with Crippen LogP contribution in [0.2, 0.25) is 0 Å². The maximum atomic E-state index is 13.4. The lowest BCUT2D eigenvalue weighted by Gasteiger charge is -2.34. The highest BCUT2D eigenvalue weighted by molar-refractivity contribution is 7.91. The predicted octanol–water partition coefficient (Wildman–Crippen LogP) is 2.35. The van der Waals surface area contributed by atoms with Crippen LogP contribution in [0.15, 0.2) is 48.5 Å². The molecule has 3 rings (SSSR count). The fraction of sp³-hybridized carbons (Fsp3) is 0.409. The Morgan fingerprint density at radius 1 is 1.03 bits per heavy atom. The first-order chi connectivity index (χ1) is 14.3. The SMILES string of the molecule is COc1ccc(OC)c(C(C)NC(=O)C(c2ccccc2)N2CCS(=O)(=O)CC2)c1. The van der Waals surface area contributed by atoms with Crippen molar-refractivity contribution in [1.29, 1.82) is 0 Å². The molecule has 2 atom stereocenters. The van der Waals surface area contributed by atoms with Gasteiger partial charge >= 0.3 is 0 Å². The zero-order chi connectivity index (χ0) is 21.7. The molecule has 0 bridgehead atoms. The summed E-state index contributed by atoms with van der Waals surface area (Å²) in [6, 6.07) is 14.0. The molecule has 1 aliphatic heterocycles. The van der Waals surface area contributed by atoms with Crippen LogP contribution in [0.3, 0.4) is 0 Å². The molecule has 0 aliphatic carbocycles. The maximum absolute atomic E-state index is 13.4. The second-order valence-corrected chi connectivity index (χ2v) is 9.64. The highest BCUT2D eigenvalue weighted by atomic mass is 32.2. The summed E-state index contributed by atoms with van der Waals surface area (Å²) in [5.74, 6) is 1.26. The fourth-order valence-corrected chi connectivity index (χ4v) is 4.93. The molecule has 7 nitrogen and oxygen atoms in total. The van der Waals surface area contributed by atoms with Crippen LogP contribution in [-0.2, 0) is 14.6 Å². The Morgan fingerprint density at radius 3 is 2.30 bits per heavy atom. The predicted molar refractivity (Wildman–Crippen MR) is 116 cm³/mol. The fourth-order valence-electron chi connectivity index (χ4n) is 3.70. The van der Waals surface area contributed by atoms with E-state index in [0.717, 1.165) is 11.1 Å². The topological polar surface area (TPSA) is 84.9 Å². The summed E-state index contributed by atoms with van der Waals surface area (Å²) in [5, 5.41) is 3.07. The van der Waals surface area contributed by atoms with Crippen molar-refractivity contribution in [3.05, 3.63) is 59.7 Å². The lowest BCUT2D eigenvalue weighted by molar-refractivity contribution is -0.127. The molecule has 2 aromatic rings. The molecule has 1 N–H and O–H groups in total. The minimum Gasteiger partial charge on any atom is -0.497 e. The highest BCUT2D eigenvalue weighted by Crippen LogP contribution is 2.30. The molecule has 30 heavy (non-hydrogen) atoms. The van der Waals surface area contributed by atoms with Gasteiger partial charge in [0.1, 0.15) is 17.5 Å². The number of methoxy groups -OCH3 is 2. The molecule has 1 fully saturated rings. The zero-order valence-electron chi connectivity index (χ0n) is 17.5. The summed E-state index contributed by atoms with van der Waals surface area (Å²) < 4.78 is 34.5. The van der Waals surface area contributed by atoms with Crippen molar-refractivity contribution in [1.82, 2.24) is 10.2 Å². The van der Waals surface area contributed by atoms with Crippen LogP contribution in [0, 0.1) is 0 Å². The van der Waals surface area contributed by atoms with E-state index in [1.54, 1.807) is 26.4 Å². The molecule has 1 saturated heterocycles. The number of hydrogen-bond acceptors (Lipinski definition) is 6. The van der Waals surface area contributed by atoms with Crippen LogP contribution in [0.25, 0.3) is 0 Å². The van der Waals surface area contributed by atoms with E-state index in [2.05, 4.69) is 5.32 Å². The Kier molecular flexibility index (Phi) is 6.99. The van der Waals surface area contributed by atoms with Crippen molar-refractivity contribution >= 4 is 15.7 Å². The Hall–Kier alpha value is -2.58. The monoisotopic (exact) mass is 432 g/mol. The van der Waals surface area contributed by atoms with E-state index in [9.17, 15) is 13.2 Å². The minimum absolute atomic E-state index is 0.0584. The van der Waals surface area contributed by atoms with E-state index in [4.69, 9.17) is 9.47 Å². The lowest BCUT2D eigenvalue weighted by Crippen LogP contribution is -2.48. The average molecular weight is 433 g/mol. The van der Waals surface area contributed by atoms with Gasteiger partial charge in [-0.2, -0.15) is 0 Å². The third kappa shape index (κ3) is 5.12. The van der Waals surface area contributed by atoms with Crippen molar-refractivity contribution in [2.24, 2.45) is 0 Å². The average Bonchev–Trinajstić information content (AvgIpc) is 2.75. The number of sulfone groups is 1. The molecule has 1 aliphatic rings.